The van der Waals surface area contributed by atoms with Crippen molar-refractivity contribution < 1.29 is 9.66 Å². The van der Waals surface area contributed by atoms with Gasteiger partial charge in [-0.05, 0) is 12.5 Å². The van der Waals surface area contributed by atoms with Gasteiger partial charge in [-0.3, -0.25) is 0 Å². The third-order valence-electron chi connectivity index (χ3n) is 0.591. The van der Waals surface area contributed by atoms with Crippen molar-refractivity contribution in [1.29, 1.82) is 0 Å². The summed E-state index contributed by atoms with van der Waals surface area (Å²) in [7, 11) is -1.42. The fourth-order valence-corrected chi connectivity index (χ4v) is 0.670. The Kier molecular flexibility index (Phi) is 2.64. The van der Waals surface area contributed by atoms with Crippen molar-refractivity contribution >= 4 is 10.3 Å². The molecule has 0 saturated carbocycles. The van der Waals surface area contributed by atoms with Gasteiger partial charge in [0.1, 0.15) is 0 Å². The monoisotopic (exact) mass is 124 g/mol. The molecule has 0 aliphatic carbocycles. The zero-order valence-electron chi connectivity index (χ0n) is 4.72. The van der Waals surface area contributed by atoms with Gasteiger partial charge in [0.05, 0.1) is 6.61 Å². The van der Waals surface area contributed by atoms with Gasteiger partial charge in [0.25, 0.3) is 0 Å². The Balaban J connectivity index is 3.15. The second-order valence-electron chi connectivity index (χ2n) is 1.91. The van der Waals surface area contributed by atoms with E-state index in [1.165, 1.54) is 0 Å². The van der Waals surface area contributed by atoms with Crippen molar-refractivity contribution in [2.45, 2.75) is 0 Å². The Morgan fingerprint density at radius 3 is 1.86 bits per heavy atom. The lowest BCUT2D eigenvalue weighted by molar-refractivity contribution is 0.320. The minimum absolute atomic E-state index is 0.0961. The van der Waals surface area contributed by atoms with Crippen LogP contribution in [0.25, 0.3) is 0 Å². The van der Waals surface area contributed by atoms with Crippen LogP contribution in [-0.4, -0.2) is 34.5 Å². The number of rotatable bonds is 2. The van der Waals surface area contributed by atoms with Gasteiger partial charge in [0.15, 0.2) is 0 Å². The highest BCUT2D eigenvalue weighted by atomic mass is 32.3. The quantitative estimate of drug-likeness (QED) is 0.563. The van der Waals surface area contributed by atoms with Crippen LogP contribution >= 0.6 is 10.3 Å². The molecular formula is C4H12O2S. The van der Waals surface area contributed by atoms with Crippen LogP contribution in [0.15, 0.2) is 0 Å². The van der Waals surface area contributed by atoms with Crippen LogP contribution in [0.2, 0.25) is 0 Å². The van der Waals surface area contributed by atoms with Crippen molar-refractivity contribution in [3.8, 4) is 0 Å². The maximum Gasteiger partial charge on any atom is 0.0526 e. The van der Waals surface area contributed by atoms with Gasteiger partial charge in [-0.15, -0.1) is 10.3 Å². The molecular weight excluding hydrogens is 112 g/mol. The highest BCUT2D eigenvalue weighted by Crippen LogP contribution is 2.32. The molecule has 0 radical (unpaired) electrons. The maximum absolute atomic E-state index is 8.94. The maximum atomic E-state index is 8.94. The first-order valence-electron chi connectivity index (χ1n) is 2.10. The normalized spacial score (nSPS) is 14.3. The first-order valence-corrected chi connectivity index (χ1v) is 4.68. The summed E-state index contributed by atoms with van der Waals surface area (Å²) in [5, 5.41) is 8.26. The van der Waals surface area contributed by atoms with Crippen LogP contribution in [0.1, 0.15) is 0 Å². The molecule has 0 fully saturated rings. The average Bonchev–Trinajstić information content (AvgIpc) is 1.30. The van der Waals surface area contributed by atoms with E-state index in [9.17, 15) is 0 Å². The van der Waals surface area contributed by atoms with Crippen molar-refractivity contribution in [2.75, 3.05) is 24.9 Å². The van der Waals surface area contributed by atoms with Crippen LogP contribution in [0, 0.1) is 0 Å². The molecule has 0 aromatic rings. The van der Waals surface area contributed by atoms with Gasteiger partial charge in [0.2, 0.25) is 0 Å². The lowest BCUT2D eigenvalue weighted by Gasteiger charge is -2.20. The van der Waals surface area contributed by atoms with E-state index >= 15 is 0 Å². The largest absolute Gasteiger partial charge is 0.395 e. The predicted octanol–water partition coefficient (Wildman–Crippen LogP) is 0.516. The van der Waals surface area contributed by atoms with Crippen molar-refractivity contribution in [3.63, 3.8) is 0 Å². The molecule has 0 saturated heterocycles. The smallest absolute Gasteiger partial charge is 0.0526 e. The molecule has 0 rings (SSSR count). The van der Waals surface area contributed by atoms with E-state index in [1.807, 2.05) is 0 Å². The van der Waals surface area contributed by atoms with Gasteiger partial charge in [-0.2, -0.15) is 0 Å². The van der Waals surface area contributed by atoms with Gasteiger partial charge in [-0.25, -0.2) is 0 Å². The summed E-state index contributed by atoms with van der Waals surface area (Å²) < 4.78 is 8.94. The second kappa shape index (κ2) is 2.55. The van der Waals surface area contributed by atoms with E-state index in [1.54, 1.807) is 12.5 Å². The summed E-state index contributed by atoms with van der Waals surface area (Å²) in [5.41, 5.74) is 0. The minimum atomic E-state index is -1.42. The van der Waals surface area contributed by atoms with Gasteiger partial charge < -0.3 is 9.66 Å². The summed E-state index contributed by atoms with van der Waals surface area (Å²) in [5.74, 6) is 0.535. The minimum Gasteiger partial charge on any atom is -0.395 e. The first kappa shape index (κ1) is 7.27. The summed E-state index contributed by atoms with van der Waals surface area (Å²) in [6.07, 6.45) is 3.51. The molecule has 2 N–H and O–H groups in total. The first-order chi connectivity index (χ1) is 3.06. The van der Waals surface area contributed by atoms with Gasteiger partial charge in [-0.1, -0.05) is 0 Å². The van der Waals surface area contributed by atoms with Crippen molar-refractivity contribution in [1.82, 2.24) is 0 Å². The van der Waals surface area contributed by atoms with E-state index in [2.05, 4.69) is 0 Å². The fraction of sp³-hybridized carbons (Fsp3) is 1.00. The SMILES string of the molecule is CS(C)(O)CCO. The van der Waals surface area contributed by atoms with Gasteiger partial charge in [0, 0.05) is 5.75 Å². The highest BCUT2D eigenvalue weighted by Gasteiger charge is 2.01. The van der Waals surface area contributed by atoms with Gasteiger partial charge >= 0.3 is 0 Å². The number of aliphatic hydroxyl groups excluding tert-OH is 1. The summed E-state index contributed by atoms with van der Waals surface area (Å²) in [6.45, 7) is 0.0961. The Morgan fingerprint density at radius 1 is 1.43 bits per heavy atom. The van der Waals surface area contributed by atoms with Crippen LogP contribution in [0.5, 0.6) is 0 Å². The molecule has 0 aromatic heterocycles. The summed E-state index contributed by atoms with van der Waals surface area (Å²) in [6, 6.07) is 0. The van der Waals surface area contributed by atoms with E-state index in [4.69, 9.17) is 9.66 Å². The van der Waals surface area contributed by atoms with E-state index < -0.39 is 10.3 Å². The fourth-order valence-electron chi connectivity index (χ4n) is 0.223. The zero-order valence-corrected chi connectivity index (χ0v) is 5.53. The van der Waals surface area contributed by atoms with Crippen LogP contribution in [0.4, 0.5) is 0 Å². The lowest BCUT2D eigenvalue weighted by Crippen LogP contribution is -2.02. The zero-order chi connectivity index (χ0) is 5.91. The Labute approximate surface area is 45.7 Å². The van der Waals surface area contributed by atoms with Crippen LogP contribution in [-0.2, 0) is 0 Å². The molecule has 2 nitrogen and oxygen atoms in total. The number of hydrogen-bond donors (Lipinski definition) is 2. The molecule has 0 aliphatic rings. The molecule has 0 unspecified atom stereocenters. The predicted molar refractivity (Wildman–Crippen MR) is 34.0 cm³/mol. The topological polar surface area (TPSA) is 40.5 Å². The summed E-state index contributed by atoms with van der Waals surface area (Å²) in [4.78, 5) is 0. The lowest BCUT2D eigenvalue weighted by atomic mass is 10.9. The average molecular weight is 124 g/mol. The third-order valence-corrected chi connectivity index (χ3v) is 1.77. The molecule has 0 spiro atoms. The van der Waals surface area contributed by atoms with E-state index in [0.29, 0.717) is 5.75 Å². The molecule has 0 amide bonds. The Bertz CT molecular complexity index is 48.1. The number of aliphatic hydroxyl groups is 1. The highest BCUT2D eigenvalue weighted by molar-refractivity contribution is 8.28. The molecule has 46 valence electrons. The van der Waals surface area contributed by atoms with E-state index in [-0.39, 0.29) is 6.61 Å². The molecule has 0 bridgehead atoms. The molecule has 0 aliphatic heterocycles. The molecule has 0 heterocycles. The standard InChI is InChI=1S/C4H12O2S/c1-7(2,6)4-3-5/h5-6H,3-4H2,1-2H3. The Morgan fingerprint density at radius 2 is 1.86 bits per heavy atom. The van der Waals surface area contributed by atoms with Crippen LogP contribution < -0.4 is 0 Å². The molecule has 0 aromatic carbocycles. The second-order valence-corrected chi connectivity index (χ2v) is 5.28. The van der Waals surface area contributed by atoms with Crippen molar-refractivity contribution in [3.05, 3.63) is 0 Å². The molecule has 3 heteroatoms. The van der Waals surface area contributed by atoms with Crippen molar-refractivity contribution in [2.24, 2.45) is 0 Å². The van der Waals surface area contributed by atoms with Crippen LogP contribution in [0.3, 0.4) is 0 Å². The molecule has 0 atom stereocenters. The molecule has 7 heavy (non-hydrogen) atoms. The summed E-state index contributed by atoms with van der Waals surface area (Å²) >= 11 is 0. The van der Waals surface area contributed by atoms with E-state index in [0.717, 1.165) is 0 Å². The number of hydrogen-bond acceptors (Lipinski definition) is 2. The third kappa shape index (κ3) is 6.27. The Hall–Kier alpha value is 0.270.